The van der Waals surface area contributed by atoms with Crippen LogP contribution in [0, 0.1) is 11.3 Å². The maximum atomic E-state index is 12.6. The van der Waals surface area contributed by atoms with Gasteiger partial charge in [0.2, 0.25) is 0 Å². The lowest BCUT2D eigenvalue weighted by molar-refractivity contribution is 0.0473. The molecule has 156 valence electrons. The third-order valence-electron chi connectivity index (χ3n) is 5.73. The SMILES string of the molecule is N#Cc1ccccc1-c1ccc(COC(=O)c2ccc3c(=O)n4c(nc3c2)CCC4)cc1. The lowest BCUT2D eigenvalue weighted by Crippen LogP contribution is -2.21. The monoisotopic (exact) mass is 421 g/mol. The van der Waals surface area contributed by atoms with Gasteiger partial charge in [0.15, 0.2) is 0 Å². The molecule has 3 aromatic carbocycles. The summed E-state index contributed by atoms with van der Waals surface area (Å²) in [4.78, 5) is 29.7. The molecule has 0 saturated carbocycles. The number of aryl methyl sites for hydroxylation is 1. The number of hydrogen-bond acceptors (Lipinski definition) is 5. The van der Waals surface area contributed by atoms with Gasteiger partial charge < -0.3 is 4.74 Å². The molecule has 1 aliphatic rings. The van der Waals surface area contributed by atoms with Crippen molar-refractivity contribution in [1.82, 2.24) is 9.55 Å². The predicted molar refractivity (Wildman–Crippen MR) is 120 cm³/mol. The highest BCUT2D eigenvalue weighted by Crippen LogP contribution is 2.24. The summed E-state index contributed by atoms with van der Waals surface area (Å²) in [7, 11) is 0. The highest BCUT2D eigenvalue weighted by molar-refractivity contribution is 5.94. The first-order valence-electron chi connectivity index (χ1n) is 10.4. The molecule has 0 amide bonds. The first-order chi connectivity index (χ1) is 15.6. The molecule has 0 unspecified atom stereocenters. The van der Waals surface area contributed by atoms with E-state index in [0.717, 1.165) is 35.4 Å². The number of fused-ring (bicyclic) bond motifs is 2. The minimum Gasteiger partial charge on any atom is -0.457 e. The molecule has 0 aliphatic carbocycles. The summed E-state index contributed by atoms with van der Waals surface area (Å²) < 4.78 is 7.18. The number of carbonyl (C=O) groups is 1. The maximum absolute atomic E-state index is 12.6. The van der Waals surface area contributed by atoms with Gasteiger partial charge in [0, 0.05) is 13.0 Å². The van der Waals surface area contributed by atoms with Crippen LogP contribution in [0.25, 0.3) is 22.0 Å². The van der Waals surface area contributed by atoms with Gasteiger partial charge in [-0.25, -0.2) is 9.78 Å². The highest BCUT2D eigenvalue weighted by Gasteiger charge is 2.17. The van der Waals surface area contributed by atoms with E-state index in [1.165, 1.54) is 0 Å². The summed E-state index contributed by atoms with van der Waals surface area (Å²) in [6, 6.07) is 22.1. The molecular weight excluding hydrogens is 402 g/mol. The van der Waals surface area contributed by atoms with Gasteiger partial charge in [-0.3, -0.25) is 9.36 Å². The van der Waals surface area contributed by atoms with E-state index in [-0.39, 0.29) is 12.2 Å². The number of rotatable bonds is 4. The van der Waals surface area contributed by atoms with E-state index in [0.29, 0.717) is 28.6 Å². The average Bonchev–Trinajstić information content (AvgIpc) is 3.31. The standard InChI is InChI=1S/C26H19N3O3/c27-15-20-4-1-2-5-21(20)18-9-7-17(8-10-18)16-32-26(31)19-11-12-22-23(14-19)28-24-6-3-13-29(24)25(22)30/h1-2,4-5,7-12,14H,3,6,13,16H2. The highest BCUT2D eigenvalue weighted by atomic mass is 16.5. The molecule has 5 rings (SSSR count). The Kier molecular flexibility index (Phi) is 5.00. The lowest BCUT2D eigenvalue weighted by atomic mass is 9.99. The molecule has 0 radical (unpaired) electrons. The van der Waals surface area contributed by atoms with E-state index in [1.54, 1.807) is 28.8 Å². The Morgan fingerprint density at radius 3 is 2.72 bits per heavy atom. The summed E-state index contributed by atoms with van der Waals surface area (Å²) in [5.74, 6) is 0.305. The van der Waals surface area contributed by atoms with Crippen LogP contribution in [0.15, 0.2) is 71.5 Å². The third kappa shape index (κ3) is 3.54. The van der Waals surface area contributed by atoms with E-state index >= 15 is 0 Å². The Labute approximate surface area is 184 Å². The smallest absolute Gasteiger partial charge is 0.338 e. The normalized spacial score (nSPS) is 12.3. The quantitative estimate of drug-likeness (QED) is 0.460. The first-order valence-corrected chi connectivity index (χ1v) is 10.4. The zero-order valence-electron chi connectivity index (χ0n) is 17.2. The molecule has 1 aromatic heterocycles. The van der Waals surface area contributed by atoms with Crippen LogP contribution >= 0.6 is 0 Å². The second kappa shape index (κ2) is 8.12. The van der Waals surface area contributed by atoms with Gasteiger partial charge in [-0.15, -0.1) is 0 Å². The minimum absolute atomic E-state index is 0.0551. The largest absolute Gasteiger partial charge is 0.457 e. The van der Waals surface area contributed by atoms with Gasteiger partial charge in [0.05, 0.1) is 28.1 Å². The number of nitriles is 1. The molecule has 0 saturated heterocycles. The minimum atomic E-state index is -0.465. The third-order valence-corrected chi connectivity index (χ3v) is 5.73. The Morgan fingerprint density at radius 1 is 1.09 bits per heavy atom. The molecule has 2 heterocycles. The van der Waals surface area contributed by atoms with Crippen LogP contribution in [-0.4, -0.2) is 15.5 Å². The van der Waals surface area contributed by atoms with Crippen molar-refractivity contribution in [3.05, 3.63) is 99.6 Å². The van der Waals surface area contributed by atoms with Gasteiger partial charge in [-0.2, -0.15) is 5.26 Å². The van der Waals surface area contributed by atoms with E-state index in [4.69, 9.17) is 4.74 Å². The molecule has 0 N–H and O–H groups in total. The molecule has 32 heavy (non-hydrogen) atoms. The molecule has 0 fully saturated rings. The van der Waals surface area contributed by atoms with Crippen molar-refractivity contribution < 1.29 is 9.53 Å². The molecule has 6 nitrogen and oxygen atoms in total. The van der Waals surface area contributed by atoms with Gasteiger partial charge in [0.25, 0.3) is 5.56 Å². The molecule has 6 heteroatoms. The van der Waals surface area contributed by atoms with E-state index in [2.05, 4.69) is 11.1 Å². The fraction of sp³-hybridized carbons (Fsp3) is 0.154. The molecule has 4 aromatic rings. The fourth-order valence-corrected chi connectivity index (χ4v) is 4.06. The zero-order valence-corrected chi connectivity index (χ0v) is 17.2. The number of hydrogen-bond donors (Lipinski definition) is 0. The number of nitrogens with zero attached hydrogens (tertiary/aromatic N) is 3. The van der Waals surface area contributed by atoms with Gasteiger partial charge >= 0.3 is 5.97 Å². The maximum Gasteiger partial charge on any atom is 0.338 e. The fourth-order valence-electron chi connectivity index (χ4n) is 4.06. The Balaban J connectivity index is 1.32. The van der Waals surface area contributed by atoms with Crippen LogP contribution < -0.4 is 5.56 Å². The number of ether oxygens (including phenoxy) is 1. The molecule has 0 spiro atoms. The Bertz CT molecular complexity index is 1450. The summed E-state index contributed by atoms with van der Waals surface area (Å²) in [5.41, 5.74) is 4.08. The van der Waals surface area contributed by atoms with E-state index < -0.39 is 5.97 Å². The van der Waals surface area contributed by atoms with Gasteiger partial charge in [-0.1, -0.05) is 42.5 Å². The topological polar surface area (TPSA) is 85.0 Å². The van der Waals surface area contributed by atoms with E-state index in [1.807, 2.05) is 42.5 Å². The average molecular weight is 421 g/mol. The van der Waals surface area contributed by atoms with Crippen molar-refractivity contribution in [3.8, 4) is 17.2 Å². The number of aromatic nitrogens is 2. The summed E-state index contributed by atoms with van der Waals surface area (Å²) in [5, 5.41) is 9.80. The van der Waals surface area contributed by atoms with Crippen LogP contribution in [0.1, 0.15) is 33.7 Å². The van der Waals surface area contributed by atoms with Gasteiger partial charge in [0.1, 0.15) is 12.4 Å². The second-order valence-electron chi connectivity index (χ2n) is 7.75. The Morgan fingerprint density at radius 2 is 1.91 bits per heavy atom. The van der Waals surface area contributed by atoms with Crippen LogP contribution in [0.4, 0.5) is 0 Å². The molecule has 0 atom stereocenters. The summed E-state index contributed by atoms with van der Waals surface area (Å²) in [6.45, 7) is 0.819. The molecular formula is C26H19N3O3. The lowest BCUT2D eigenvalue weighted by Gasteiger charge is -2.09. The van der Waals surface area contributed by atoms with Crippen LogP contribution in [0.3, 0.4) is 0 Å². The molecule has 0 bridgehead atoms. The van der Waals surface area contributed by atoms with Crippen molar-refractivity contribution in [2.75, 3.05) is 0 Å². The van der Waals surface area contributed by atoms with Gasteiger partial charge in [-0.05, 0) is 47.4 Å². The van der Waals surface area contributed by atoms with Crippen molar-refractivity contribution in [2.45, 2.75) is 26.0 Å². The molecule has 1 aliphatic heterocycles. The van der Waals surface area contributed by atoms with E-state index in [9.17, 15) is 14.9 Å². The van der Waals surface area contributed by atoms with Crippen LogP contribution in [-0.2, 0) is 24.3 Å². The number of benzene rings is 3. The zero-order chi connectivity index (χ0) is 22.1. The van der Waals surface area contributed by atoms with Crippen molar-refractivity contribution in [1.29, 1.82) is 5.26 Å². The first kappa shape index (κ1) is 19.7. The van der Waals surface area contributed by atoms with Crippen molar-refractivity contribution >= 4 is 16.9 Å². The predicted octanol–water partition coefficient (Wildman–Crippen LogP) is 4.24. The Hall–Kier alpha value is -4.24. The van der Waals surface area contributed by atoms with Crippen molar-refractivity contribution in [3.63, 3.8) is 0 Å². The number of esters is 1. The second-order valence-corrected chi connectivity index (χ2v) is 7.75. The van der Waals surface area contributed by atoms with Crippen molar-refractivity contribution in [2.24, 2.45) is 0 Å². The van der Waals surface area contributed by atoms with Crippen LogP contribution in [0.2, 0.25) is 0 Å². The summed E-state index contributed by atoms with van der Waals surface area (Å²) >= 11 is 0. The summed E-state index contributed by atoms with van der Waals surface area (Å²) in [6.07, 6.45) is 1.68. The number of carbonyl (C=O) groups excluding carboxylic acids is 1. The van der Waals surface area contributed by atoms with Crippen LogP contribution in [0.5, 0.6) is 0 Å².